The SMILES string of the molecule is N#CC#N.S. The predicted molar refractivity (Wildman–Crippen MR) is 21.6 cm³/mol. The van der Waals surface area contributed by atoms with Crippen molar-refractivity contribution in [3.8, 4) is 12.1 Å². The van der Waals surface area contributed by atoms with Crippen molar-refractivity contribution in [2.24, 2.45) is 0 Å². The van der Waals surface area contributed by atoms with Gasteiger partial charge in [-0.2, -0.15) is 24.0 Å². The largest absolute Gasteiger partial charge is 0.197 e. The Morgan fingerprint density at radius 1 is 1.00 bits per heavy atom. The summed E-state index contributed by atoms with van der Waals surface area (Å²) in [4.78, 5) is 0. The van der Waals surface area contributed by atoms with Gasteiger partial charge in [0.15, 0.2) is 12.1 Å². The fraction of sp³-hybridized carbons (Fsp3) is 0. The molecule has 0 aromatic heterocycles. The Morgan fingerprint density at radius 2 is 1.20 bits per heavy atom. The highest BCUT2D eigenvalue weighted by Gasteiger charge is 1.39. The summed E-state index contributed by atoms with van der Waals surface area (Å²) in [6.45, 7) is 0. The summed E-state index contributed by atoms with van der Waals surface area (Å²) in [6.07, 6.45) is 0. The number of nitriles is 2. The van der Waals surface area contributed by atoms with Crippen LogP contribution in [0.15, 0.2) is 0 Å². The zero-order chi connectivity index (χ0) is 3.41. The molecule has 26 valence electrons. The van der Waals surface area contributed by atoms with Gasteiger partial charge < -0.3 is 0 Å². The summed E-state index contributed by atoms with van der Waals surface area (Å²) in [5.41, 5.74) is 0. The van der Waals surface area contributed by atoms with Crippen LogP contribution in [0.3, 0.4) is 0 Å². The molecular weight excluding hydrogens is 84.1 g/mol. The minimum atomic E-state index is 0. The van der Waals surface area contributed by atoms with E-state index in [0.717, 1.165) is 0 Å². The van der Waals surface area contributed by atoms with Crippen molar-refractivity contribution in [3.05, 3.63) is 0 Å². The Bertz CT molecular complexity index is 62.6. The molecule has 3 heteroatoms. The van der Waals surface area contributed by atoms with Gasteiger partial charge in [0, 0.05) is 0 Å². The van der Waals surface area contributed by atoms with Crippen LogP contribution in [0.4, 0.5) is 0 Å². The van der Waals surface area contributed by atoms with Gasteiger partial charge in [-0.05, 0) is 0 Å². The number of rotatable bonds is 0. The van der Waals surface area contributed by atoms with E-state index in [1.54, 1.807) is 0 Å². The van der Waals surface area contributed by atoms with Gasteiger partial charge in [0.25, 0.3) is 0 Å². The highest BCUT2D eigenvalue weighted by molar-refractivity contribution is 7.59. The molecular formula is C2H2N2S. The Kier molecular flexibility index (Phi) is 18.1. The maximum Gasteiger partial charge on any atom is 0.181 e. The monoisotopic (exact) mass is 86.0 g/mol. The fourth-order valence-corrected chi connectivity index (χ4v) is 0. The number of hydrogen-bond donors (Lipinski definition) is 0. The highest BCUT2D eigenvalue weighted by atomic mass is 32.1. The normalized spacial score (nSPS) is 2.00. The summed E-state index contributed by atoms with van der Waals surface area (Å²) >= 11 is 0. The van der Waals surface area contributed by atoms with E-state index in [9.17, 15) is 0 Å². The van der Waals surface area contributed by atoms with Crippen LogP contribution in [-0.4, -0.2) is 0 Å². The lowest BCUT2D eigenvalue weighted by Crippen LogP contribution is -1.26. The average Bonchev–Trinajstić information content (AvgIpc) is 1.37. The maximum absolute atomic E-state index is 7.26. The van der Waals surface area contributed by atoms with Crippen molar-refractivity contribution in [3.63, 3.8) is 0 Å². The molecule has 0 aromatic rings. The van der Waals surface area contributed by atoms with Crippen molar-refractivity contribution in [2.75, 3.05) is 0 Å². The molecule has 0 aliphatic carbocycles. The highest BCUT2D eigenvalue weighted by Crippen LogP contribution is 1.27. The molecule has 0 N–H and O–H groups in total. The number of nitrogens with zero attached hydrogens (tertiary/aromatic N) is 2. The van der Waals surface area contributed by atoms with Crippen molar-refractivity contribution < 1.29 is 0 Å². The first kappa shape index (κ1) is 8.84. The third kappa shape index (κ3) is 54.1. The van der Waals surface area contributed by atoms with E-state index in [1.165, 1.54) is 12.1 Å². The van der Waals surface area contributed by atoms with Gasteiger partial charge in [0.2, 0.25) is 0 Å². The first-order valence-corrected chi connectivity index (χ1v) is 0.697. The molecule has 0 saturated carbocycles. The van der Waals surface area contributed by atoms with Crippen molar-refractivity contribution in [2.45, 2.75) is 0 Å². The standard InChI is InChI=1S/C2N2.H2S/c3-1-2-4;/h;1H2. The molecule has 0 aliphatic rings. The van der Waals surface area contributed by atoms with Crippen molar-refractivity contribution in [1.82, 2.24) is 0 Å². The lowest BCUT2D eigenvalue weighted by atomic mass is 10.9. The van der Waals surface area contributed by atoms with Crippen LogP contribution in [0, 0.1) is 22.7 Å². The van der Waals surface area contributed by atoms with Crippen LogP contribution in [0.1, 0.15) is 0 Å². The van der Waals surface area contributed by atoms with Crippen molar-refractivity contribution >= 4 is 13.5 Å². The summed E-state index contributed by atoms with van der Waals surface area (Å²) in [7, 11) is 0. The number of hydrogen-bond acceptors (Lipinski definition) is 2. The maximum atomic E-state index is 7.26. The quantitative estimate of drug-likeness (QED) is 0.421. The van der Waals surface area contributed by atoms with E-state index in [2.05, 4.69) is 0 Å². The van der Waals surface area contributed by atoms with E-state index in [0.29, 0.717) is 0 Å². The molecule has 0 bridgehead atoms. The fourth-order valence-electron chi connectivity index (χ4n) is 0. The van der Waals surface area contributed by atoms with E-state index in [4.69, 9.17) is 10.5 Å². The third-order valence-electron chi connectivity index (χ3n) is 0.0500. The molecule has 0 spiro atoms. The van der Waals surface area contributed by atoms with Crippen LogP contribution in [0.2, 0.25) is 0 Å². The minimum absolute atomic E-state index is 0. The third-order valence-corrected chi connectivity index (χ3v) is 0.0500. The molecule has 0 rings (SSSR count). The average molecular weight is 86.1 g/mol. The van der Waals surface area contributed by atoms with E-state index < -0.39 is 0 Å². The van der Waals surface area contributed by atoms with Crippen LogP contribution in [0.5, 0.6) is 0 Å². The van der Waals surface area contributed by atoms with E-state index in [-0.39, 0.29) is 13.5 Å². The van der Waals surface area contributed by atoms with Gasteiger partial charge in [-0.25, -0.2) is 0 Å². The van der Waals surface area contributed by atoms with Crippen LogP contribution < -0.4 is 0 Å². The smallest absolute Gasteiger partial charge is 0.181 e. The molecule has 5 heavy (non-hydrogen) atoms. The molecule has 0 radical (unpaired) electrons. The van der Waals surface area contributed by atoms with Gasteiger partial charge >= 0.3 is 0 Å². The van der Waals surface area contributed by atoms with Gasteiger partial charge in [0.1, 0.15) is 0 Å². The summed E-state index contributed by atoms with van der Waals surface area (Å²) < 4.78 is 0. The second-order valence-electron chi connectivity index (χ2n) is 0.224. The second-order valence-corrected chi connectivity index (χ2v) is 0.224. The Hall–Kier alpha value is -0.670. The predicted octanol–water partition coefficient (Wildman–Crippen LogP) is 0.146. The minimum Gasteiger partial charge on any atom is -0.197 e. The molecule has 0 heterocycles. The molecule has 0 aromatic carbocycles. The zero-order valence-corrected chi connectivity index (χ0v) is 3.39. The molecule has 0 amide bonds. The first-order chi connectivity index (χ1) is 1.91. The molecule has 0 aliphatic heterocycles. The summed E-state index contributed by atoms with van der Waals surface area (Å²) in [5.74, 6) is 0. The van der Waals surface area contributed by atoms with Gasteiger partial charge in [0.05, 0.1) is 0 Å². The molecule has 0 atom stereocenters. The van der Waals surface area contributed by atoms with E-state index in [1.807, 2.05) is 0 Å². The van der Waals surface area contributed by atoms with Crippen LogP contribution >= 0.6 is 13.5 Å². The summed E-state index contributed by atoms with van der Waals surface area (Å²) in [5, 5.41) is 14.5. The van der Waals surface area contributed by atoms with Gasteiger partial charge in [-0.3, -0.25) is 0 Å². The molecule has 0 fully saturated rings. The van der Waals surface area contributed by atoms with Crippen LogP contribution in [0.25, 0.3) is 0 Å². The first-order valence-electron chi connectivity index (χ1n) is 0.697. The Balaban J connectivity index is 0. The lowest BCUT2D eigenvalue weighted by molar-refractivity contribution is 1.49. The Labute approximate surface area is 37.1 Å². The molecule has 0 saturated heterocycles. The zero-order valence-electron chi connectivity index (χ0n) is 2.39. The topological polar surface area (TPSA) is 47.6 Å². The van der Waals surface area contributed by atoms with Gasteiger partial charge in [-0.15, -0.1) is 0 Å². The lowest BCUT2D eigenvalue weighted by Gasteiger charge is -1.16. The van der Waals surface area contributed by atoms with Crippen molar-refractivity contribution in [1.29, 1.82) is 10.5 Å². The Morgan fingerprint density at radius 3 is 1.20 bits per heavy atom. The summed E-state index contributed by atoms with van der Waals surface area (Å²) in [6, 6.07) is 2.47. The van der Waals surface area contributed by atoms with Gasteiger partial charge in [-0.1, -0.05) is 0 Å². The second kappa shape index (κ2) is 10.2. The van der Waals surface area contributed by atoms with Crippen LogP contribution in [-0.2, 0) is 0 Å². The molecule has 0 unspecified atom stereocenters. The molecule has 2 nitrogen and oxygen atoms in total. The van der Waals surface area contributed by atoms with E-state index >= 15 is 0 Å².